The fourth-order valence-electron chi connectivity index (χ4n) is 3.23. The molecule has 0 saturated carbocycles. The summed E-state index contributed by atoms with van der Waals surface area (Å²) < 4.78 is 25.7. The minimum atomic E-state index is -3.85. The van der Waals surface area contributed by atoms with Gasteiger partial charge < -0.3 is 5.32 Å². The molecule has 30 heavy (non-hydrogen) atoms. The molecule has 0 unspecified atom stereocenters. The van der Waals surface area contributed by atoms with E-state index in [1.807, 2.05) is 39.0 Å². The zero-order valence-corrected chi connectivity index (χ0v) is 18.6. The van der Waals surface area contributed by atoms with Crippen molar-refractivity contribution in [3.8, 4) is 0 Å². The van der Waals surface area contributed by atoms with Gasteiger partial charge in [-0.1, -0.05) is 31.2 Å². The van der Waals surface area contributed by atoms with Crippen LogP contribution in [0.5, 0.6) is 0 Å². The van der Waals surface area contributed by atoms with Gasteiger partial charge in [0.05, 0.1) is 28.5 Å². The molecule has 162 valence electrons. The van der Waals surface area contributed by atoms with Gasteiger partial charge in [0.15, 0.2) is 0 Å². The van der Waals surface area contributed by atoms with E-state index in [1.54, 1.807) is 0 Å². The number of carbonyl (C=O) groups excluding carboxylic acids is 1. The van der Waals surface area contributed by atoms with Crippen molar-refractivity contribution in [1.82, 2.24) is 5.32 Å². The minimum absolute atomic E-state index is 0.112. The number of amides is 1. The third-order valence-corrected chi connectivity index (χ3v) is 6.23. The largest absolute Gasteiger partial charge is 0.348 e. The van der Waals surface area contributed by atoms with E-state index in [9.17, 15) is 23.3 Å². The van der Waals surface area contributed by atoms with Crippen LogP contribution in [0.25, 0.3) is 0 Å². The van der Waals surface area contributed by atoms with Crippen LogP contribution < -0.4 is 9.62 Å². The highest BCUT2D eigenvalue weighted by molar-refractivity contribution is 7.92. The molecule has 0 heterocycles. The molecular formula is C21H27N3O5S. The van der Waals surface area contributed by atoms with Crippen LogP contribution in [-0.2, 0) is 14.8 Å². The molecule has 8 nitrogen and oxygen atoms in total. The molecule has 0 saturated heterocycles. The van der Waals surface area contributed by atoms with Crippen LogP contribution in [0.2, 0.25) is 0 Å². The van der Waals surface area contributed by atoms with Crippen molar-refractivity contribution >= 4 is 27.3 Å². The number of nitrogens with one attached hydrogen (secondary N) is 1. The third-order valence-electron chi connectivity index (χ3n) is 5.11. The van der Waals surface area contributed by atoms with Gasteiger partial charge in [-0.15, -0.1) is 0 Å². The Bertz CT molecular complexity index is 1070. The average molecular weight is 434 g/mol. The van der Waals surface area contributed by atoms with Gasteiger partial charge in [-0.2, -0.15) is 0 Å². The van der Waals surface area contributed by atoms with E-state index in [1.165, 1.54) is 25.1 Å². The number of nitro benzene ring substituents is 1. The summed E-state index contributed by atoms with van der Waals surface area (Å²) in [6, 6.07) is 9.81. The first-order valence-electron chi connectivity index (χ1n) is 9.54. The molecule has 0 aromatic heterocycles. The van der Waals surface area contributed by atoms with Crippen molar-refractivity contribution in [3.05, 3.63) is 68.8 Å². The number of nitrogens with zero attached hydrogens (tertiary/aromatic N) is 2. The standard InChI is InChI=1S/C21H27N3O5S/c1-6-18(17-11-10-14(2)15(3)12-17)22-21(25)13-23(30(5,28)29)19-8-7-9-20(16(19)4)24(26)27/h7-12,18H,6,13H2,1-5H3,(H,22,25)/t18-/m1/s1. The fourth-order valence-corrected chi connectivity index (χ4v) is 4.14. The van der Waals surface area contributed by atoms with E-state index in [0.717, 1.165) is 27.3 Å². The Morgan fingerprint density at radius 2 is 1.83 bits per heavy atom. The van der Waals surface area contributed by atoms with Gasteiger partial charge in [-0.05, 0) is 49.9 Å². The maximum absolute atomic E-state index is 12.7. The fraction of sp³-hybridized carbons (Fsp3) is 0.381. The predicted octanol–water partition coefficient (Wildman–Crippen LogP) is 3.55. The molecule has 1 atom stereocenters. The first kappa shape index (κ1) is 23.3. The molecule has 0 bridgehead atoms. The lowest BCUT2D eigenvalue weighted by molar-refractivity contribution is -0.385. The predicted molar refractivity (Wildman–Crippen MR) is 117 cm³/mol. The Balaban J connectivity index is 2.31. The number of hydrogen-bond donors (Lipinski definition) is 1. The van der Waals surface area contributed by atoms with E-state index in [-0.39, 0.29) is 23.0 Å². The first-order chi connectivity index (χ1) is 14.0. The molecule has 1 amide bonds. The molecule has 9 heteroatoms. The smallest absolute Gasteiger partial charge is 0.274 e. The SMILES string of the molecule is CC[C@@H](NC(=O)CN(c1cccc([N+](=O)[O-])c1C)S(C)(=O)=O)c1ccc(C)c(C)c1. The molecule has 1 N–H and O–H groups in total. The quantitative estimate of drug-likeness (QED) is 0.506. The van der Waals surface area contributed by atoms with E-state index < -0.39 is 27.4 Å². The lowest BCUT2D eigenvalue weighted by Crippen LogP contribution is -2.41. The lowest BCUT2D eigenvalue weighted by Gasteiger charge is -2.25. The second-order valence-electron chi connectivity index (χ2n) is 7.32. The van der Waals surface area contributed by atoms with Crippen molar-refractivity contribution in [2.45, 2.75) is 40.2 Å². The van der Waals surface area contributed by atoms with Crippen LogP contribution >= 0.6 is 0 Å². The van der Waals surface area contributed by atoms with E-state index in [0.29, 0.717) is 6.42 Å². The van der Waals surface area contributed by atoms with Crippen LogP contribution in [-0.4, -0.2) is 32.0 Å². The number of benzene rings is 2. The Kier molecular flexibility index (Phi) is 7.20. The molecule has 0 radical (unpaired) electrons. The summed E-state index contributed by atoms with van der Waals surface area (Å²) >= 11 is 0. The van der Waals surface area contributed by atoms with Crippen molar-refractivity contribution in [3.63, 3.8) is 0 Å². The second kappa shape index (κ2) is 9.25. The van der Waals surface area contributed by atoms with Crippen molar-refractivity contribution in [2.24, 2.45) is 0 Å². The highest BCUT2D eigenvalue weighted by atomic mass is 32.2. The second-order valence-corrected chi connectivity index (χ2v) is 9.23. The van der Waals surface area contributed by atoms with Gasteiger partial charge in [0.1, 0.15) is 6.54 Å². The van der Waals surface area contributed by atoms with Gasteiger partial charge in [0, 0.05) is 6.07 Å². The van der Waals surface area contributed by atoms with Crippen LogP contribution in [0.4, 0.5) is 11.4 Å². The summed E-state index contributed by atoms with van der Waals surface area (Å²) in [5, 5.41) is 14.1. The highest BCUT2D eigenvalue weighted by Gasteiger charge is 2.26. The summed E-state index contributed by atoms with van der Waals surface area (Å²) in [5.74, 6) is -0.489. The summed E-state index contributed by atoms with van der Waals surface area (Å²) in [4.78, 5) is 23.4. The monoisotopic (exact) mass is 433 g/mol. The summed E-state index contributed by atoms with van der Waals surface area (Å²) in [6.45, 7) is 6.92. The lowest BCUT2D eigenvalue weighted by atomic mass is 9.99. The van der Waals surface area contributed by atoms with Crippen LogP contribution in [0.15, 0.2) is 36.4 Å². The molecule has 0 aliphatic heterocycles. The number of carbonyl (C=O) groups is 1. The van der Waals surface area contributed by atoms with E-state index in [4.69, 9.17) is 0 Å². The molecular weight excluding hydrogens is 406 g/mol. The minimum Gasteiger partial charge on any atom is -0.348 e. The molecule has 0 fully saturated rings. The van der Waals surface area contributed by atoms with Gasteiger partial charge in [-0.3, -0.25) is 19.2 Å². The Labute approximate surface area is 177 Å². The number of aryl methyl sites for hydroxylation is 2. The van der Waals surface area contributed by atoms with Crippen LogP contribution in [0.3, 0.4) is 0 Å². The number of sulfonamides is 1. The van der Waals surface area contributed by atoms with Gasteiger partial charge in [0.25, 0.3) is 5.69 Å². The van der Waals surface area contributed by atoms with E-state index in [2.05, 4.69) is 5.32 Å². The average Bonchev–Trinajstić information content (AvgIpc) is 2.66. The molecule has 2 aromatic carbocycles. The van der Waals surface area contributed by atoms with Crippen LogP contribution in [0.1, 0.15) is 41.6 Å². The number of nitro groups is 1. The molecule has 0 aliphatic rings. The van der Waals surface area contributed by atoms with Crippen molar-refractivity contribution in [1.29, 1.82) is 0 Å². The Morgan fingerprint density at radius 1 is 1.17 bits per heavy atom. The Hall–Kier alpha value is -2.94. The van der Waals surface area contributed by atoms with Crippen molar-refractivity contribution in [2.75, 3.05) is 17.1 Å². The normalized spacial score (nSPS) is 12.3. The zero-order valence-electron chi connectivity index (χ0n) is 17.8. The molecule has 0 aliphatic carbocycles. The molecule has 2 rings (SSSR count). The number of hydrogen-bond acceptors (Lipinski definition) is 5. The highest BCUT2D eigenvalue weighted by Crippen LogP contribution is 2.29. The maximum atomic E-state index is 12.7. The first-order valence-corrected chi connectivity index (χ1v) is 11.4. The maximum Gasteiger partial charge on any atom is 0.274 e. The zero-order chi connectivity index (χ0) is 22.6. The molecule has 2 aromatic rings. The van der Waals surface area contributed by atoms with E-state index >= 15 is 0 Å². The third kappa shape index (κ3) is 5.35. The van der Waals surface area contributed by atoms with Gasteiger partial charge >= 0.3 is 0 Å². The molecule has 0 spiro atoms. The number of anilines is 1. The number of rotatable bonds is 8. The summed E-state index contributed by atoms with van der Waals surface area (Å²) in [5.41, 5.74) is 3.27. The van der Waals surface area contributed by atoms with Crippen molar-refractivity contribution < 1.29 is 18.1 Å². The summed E-state index contributed by atoms with van der Waals surface area (Å²) in [6.07, 6.45) is 1.60. The summed E-state index contributed by atoms with van der Waals surface area (Å²) in [7, 11) is -3.85. The van der Waals surface area contributed by atoms with Gasteiger partial charge in [0.2, 0.25) is 15.9 Å². The van der Waals surface area contributed by atoms with Crippen LogP contribution in [0, 0.1) is 30.9 Å². The van der Waals surface area contributed by atoms with Gasteiger partial charge in [-0.25, -0.2) is 8.42 Å². The topological polar surface area (TPSA) is 110 Å². The Morgan fingerprint density at radius 3 is 2.37 bits per heavy atom.